The van der Waals surface area contributed by atoms with Crippen LogP contribution in [0.5, 0.6) is 5.75 Å². The highest BCUT2D eigenvalue weighted by Gasteiger charge is 2.54. The van der Waals surface area contributed by atoms with Crippen molar-refractivity contribution < 1.29 is 33.2 Å². The summed E-state index contributed by atoms with van der Waals surface area (Å²) in [4.78, 5) is 0. The van der Waals surface area contributed by atoms with Gasteiger partial charge < -0.3 is 33.2 Å². The van der Waals surface area contributed by atoms with Crippen molar-refractivity contribution in [1.82, 2.24) is 0 Å². The van der Waals surface area contributed by atoms with Crippen LogP contribution in [-0.4, -0.2) is 44.4 Å². The number of methoxy groups -OCH3 is 1. The molecule has 4 aromatic rings. The fourth-order valence-electron chi connectivity index (χ4n) is 5.27. The molecule has 0 amide bonds. The molecule has 42 heavy (non-hydrogen) atoms. The Bertz CT molecular complexity index is 1350. The minimum atomic E-state index is -0.653. The molecule has 0 saturated carbocycles. The van der Waals surface area contributed by atoms with Gasteiger partial charge in [0.2, 0.25) is 0 Å². The molecule has 6 atom stereocenters. The molecule has 2 heterocycles. The number of hydrogen-bond donors (Lipinski definition) is 0. The van der Waals surface area contributed by atoms with Crippen LogP contribution in [0.15, 0.2) is 115 Å². The van der Waals surface area contributed by atoms with Crippen LogP contribution < -0.4 is 4.74 Å². The molecule has 0 N–H and O–H groups in total. The van der Waals surface area contributed by atoms with Crippen LogP contribution >= 0.6 is 0 Å². The van der Waals surface area contributed by atoms with E-state index in [9.17, 15) is 0 Å². The normalized spacial score (nSPS) is 25.2. The first-order valence-electron chi connectivity index (χ1n) is 14.3. The van der Waals surface area contributed by atoms with Crippen molar-refractivity contribution in [2.45, 2.75) is 56.8 Å². The zero-order valence-electron chi connectivity index (χ0n) is 23.6. The van der Waals surface area contributed by atoms with Gasteiger partial charge in [-0.15, -0.1) is 0 Å². The Balaban J connectivity index is 1.24. The topological polar surface area (TPSA) is 64.6 Å². The molecular formula is C35H36O7. The van der Waals surface area contributed by atoms with Gasteiger partial charge in [-0.3, -0.25) is 0 Å². The van der Waals surface area contributed by atoms with Crippen molar-refractivity contribution in [2.75, 3.05) is 13.7 Å². The molecular weight excluding hydrogens is 532 g/mol. The summed E-state index contributed by atoms with van der Waals surface area (Å²) in [5, 5.41) is 0. The Morgan fingerprint density at radius 3 is 1.69 bits per heavy atom. The van der Waals surface area contributed by atoms with Gasteiger partial charge in [-0.05, 0) is 28.8 Å². The molecule has 0 bridgehead atoms. The molecule has 2 fully saturated rings. The first-order chi connectivity index (χ1) is 20.8. The second-order valence-corrected chi connectivity index (χ2v) is 10.4. The summed E-state index contributed by atoms with van der Waals surface area (Å²) in [6.07, 6.45) is -3.16. The molecule has 0 aliphatic carbocycles. The van der Waals surface area contributed by atoms with Crippen molar-refractivity contribution in [3.63, 3.8) is 0 Å². The van der Waals surface area contributed by atoms with E-state index in [1.165, 1.54) is 0 Å². The van der Waals surface area contributed by atoms with Gasteiger partial charge in [0.25, 0.3) is 0 Å². The second kappa shape index (κ2) is 14.1. The Morgan fingerprint density at radius 2 is 1.12 bits per heavy atom. The Hall–Kier alpha value is -3.56. The fraction of sp³-hybridized carbons (Fsp3) is 0.314. The minimum absolute atomic E-state index is 0.305. The van der Waals surface area contributed by atoms with Crippen LogP contribution in [0, 0.1) is 0 Å². The van der Waals surface area contributed by atoms with E-state index in [0.717, 1.165) is 28.0 Å². The predicted molar refractivity (Wildman–Crippen MR) is 156 cm³/mol. The average Bonchev–Trinajstić information content (AvgIpc) is 3.48. The van der Waals surface area contributed by atoms with Gasteiger partial charge in [0.05, 0.1) is 33.5 Å². The van der Waals surface area contributed by atoms with E-state index in [-0.39, 0.29) is 0 Å². The Kier molecular flexibility index (Phi) is 9.57. The van der Waals surface area contributed by atoms with Gasteiger partial charge in [-0.1, -0.05) is 103 Å². The second-order valence-electron chi connectivity index (χ2n) is 10.4. The molecule has 7 heteroatoms. The molecule has 0 radical (unpaired) electrons. The molecule has 0 spiro atoms. The summed E-state index contributed by atoms with van der Waals surface area (Å²) in [6.45, 7) is 1.56. The van der Waals surface area contributed by atoms with Crippen LogP contribution in [-0.2, 0) is 48.2 Å². The summed E-state index contributed by atoms with van der Waals surface area (Å²) in [5.41, 5.74) is 4.08. The Labute approximate surface area is 246 Å². The summed E-state index contributed by atoms with van der Waals surface area (Å²) < 4.78 is 44.0. The van der Waals surface area contributed by atoms with E-state index in [1.807, 2.05) is 115 Å². The lowest BCUT2D eigenvalue weighted by molar-refractivity contribution is -0.278. The van der Waals surface area contributed by atoms with Gasteiger partial charge in [-0.2, -0.15) is 0 Å². The maximum atomic E-state index is 6.61. The zero-order chi connectivity index (χ0) is 28.6. The zero-order valence-corrected chi connectivity index (χ0v) is 23.6. The van der Waals surface area contributed by atoms with Crippen molar-refractivity contribution in [2.24, 2.45) is 0 Å². The van der Waals surface area contributed by atoms with E-state index in [1.54, 1.807) is 7.11 Å². The quantitative estimate of drug-likeness (QED) is 0.201. The molecule has 2 saturated heterocycles. The van der Waals surface area contributed by atoms with Crippen molar-refractivity contribution in [3.05, 3.63) is 138 Å². The highest BCUT2D eigenvalue weighted by atomic mass is 16.8. The van der Waals surface area contributed by atoms with E-state index in [0.29, 0.717) is 26.4 Å². The van der Waals surface area contributed by atoms with Gasteiger partial charge in [0.15, 0.2) is 12.6 Å². The van der Waals surface area contributed by atoms with Crippen molar-refractivity contribution in [1.29, 1.82) is 0 Å². The van der Waals surface area contributed by atoms with Crippen LogP contribution in [0.1, 0.15) is 28.5 Å². The predicted octanol–water partition coefficient (Wildman–Crippen LogP) is 6.22. The molecule has 2 aliphatic heterocycles. The van der Waals surface area contributed by atoms with Crippen molar-refractivity contribution in [3.8, 4) is 5.75 Å². The number of benzene rings is 4. The van der Waals surface area contributed by atoms with Crippen LogP contribution in [0.3, 0.4) is 0 Å². The first-order valence-corrected chi connectivity index (χ1v) is 14.3. The van der Waals surface area contributed by atoms with Gasteiger partial charge in [0, 0.05) is 5.56 Å². The summed E-state index contributed by atoms with van der Waals surface area (Å²) in [7, 11) is 1.64. The fourth-order valence-corrected chi connectivity index (χ4v) is 5.27. The van der Waals surface area contributed by atoms with E-state index >= 15 is 0 Å². The molecule has 0 unspecified atom stereocenters. The lowest BCUT2D eigenvalue weighted by atomic mass is 9.98. The maximum Gasteiger partial charge on any atom is 0.190 e. The number of fused-ring (bicyclic) bond motifs is 1. The molecule has 6 rings (SSSR count). The maximum absolute atomic E-state index is 6.61. The lowest BCUT2D eigenvalue weighted by Crippen LogP contribution is -2.59. The van der Waals surface area contributed by atoms with Crippen LogP contribution in [0.4, 0.5) is 0 Å². The van der Waals surface area contributed by atoms with Gasteiger partial charge in [0.1, 0.15) is 30.2 Å². The van der Waals surface area contributed by atoms with Crippen molar-refractivity contribution >= 4 is 0 Å². The highest BCUT2D eigenvalue weighted by Crippen LogP contribution is 2.41. The van der Waals surface area contributed by atoms with E-state index in [4.69, 9.17) is 33.2 Å². The molecule has 7 nitrogen and oxygen atoms in total. The first kappa shape index (κ1) is 28.6. The van der Waals surface area contributed by atoms with E-state index < -0.39 is 37.0 Å². The monoisotopic (exact) mass is 568 g/mol. The largest absolute Gasteiger partial charge is 0.497 e. The third-order valence-electron chi connectivity index (χ3n) is 7.48. The lowest BCUT2D eigenvalue weighted by Gasteiger charge is -2.42. The highest BCUT2D eigenvalue weighted by molar-refractivity contribution is 5.28. The number of hydrogen-bond acceptors (Lipinski definition) is 7. The number of ether oxygens (including phenoxy) is 7. The van der Waals surface area contributed by atoms with Gasteiger partial charge >= 0.3 is 0 Å². The summed E-state index contributed by atoms with van der Waals surface area (Å²) in [6, 6.07) is 37.9. The minimum Gasteiger partial charge on any atom is -0.497 e. The Morgan fingerprint density at radius 1 is 0.571 bits per heavy atom. The third kappa shape index (κ3) is 7.07. The van der Waals surface area contributed by atoms with Crippen LogP contribution in [0.25, 0.3) is 0 Å². The summed E-state index contributed by atoms with van der Waals surface area (Å²) >= 11 is 0. The average molecular weight is 569 g/mol. The molecule has 0 aromatic heterocycles. The molecule has 4 aromatic carbocycles. The standard InChI is InChI=1S/C35H36O7/c1-36-29-19-17-28(18-20-29)34-41-33-32(39-23-27-15-9-4-10-16-27)31(38-22-26-13-7-3-8-14-26)30(40-35(33)42-34)24-37-21-25-11-5-2-6-12-25/h2-20,30-35H,21-24H2,1H3/t30-,31-,32+,33-,34+,35-/m1/s1. The van der Waals surface area contributed by atoms with E-state index in [2.05, 4.69) is 0 Å². The van der Waals surface area contributed by atoms with Gasteiger partial charge in [-0.25, -0.2) is 0 Å². The number of rotatable bonds is 12. The van der Waals surface area contributed by atoms with Crippen LogP contribution in [0.2, 0.25) is 0 Å². The smallest absolute Gasteiger partial charge is 0.190 e. The summed E-state index contributed by atoms with van der Waals surface area (Å²) in [5.74, 6) is 0.763. The SMILES string of the molecule is COc1ccc([C@@H]2O[C@H]3O[C@H](COCc4ccccc4)[C@@H](OCc4ccccc4)[C@H](OCc4ccccc4)[C@H]3O2)cc1. The third-order valence-corrected chi connectivity index (χ3v) is 7.48. The molecule has 218 valence electrons. The molecule has 2 aliphatic rings.